The molecule has 0 radical (unpaired) electrons. The highest BCUT2D eigenvalue weighted by molar-refractivity contribution is 5.96. The number of rotatable bonds is 4. The van der Waals surface area contributed by atoms with Crippen molar-refractivity contribution in [3.63, 3.8) is 0 Å². The molecule has 1 fully saturated rings. The predicted octanol–water partition coefficient (Wildman–Crippen LogP) is 3.17. The Balaban J connectivity index is 1.73. The largest absolute Gasteiger partial charge is 0.353 e. The molecule has 0 aliphatic carbocycles. The number of anilines is 1. The number of halogens is 1. The molecule has 2 heterocycles. The maximum Gasteiger partial charge on any atom is 0.164 e. The maximum atomic E-state index is 12.9. The molecule has 5 heteroatoms. The van der Waals surface area contributed by atoms with E-state index in [9.17, 15) is 9.18 Å². The van der Waals surface area contributed by atoms with Crippen molar-refractivity contribution in [2.75, 3.05) is 11.4 Å². The van der Waals surface area contributed by atoms with Crippen LogP contribution in [0.5, 0.6) is 0 Å². The van der Waals surface area contributed by atoms with Crippen molar-refractivity contribution >= 4 is 11.6 Å². The molecule has 2 aromatic rings. The van der Waals surface area contributed by atoms with E-state index in [0.29, 0.717) is 12.0 Å². The highest BCUT2D eigenvalue weighted by Gasteiger charge is 2.28. The van der Waals surface area contributed by atoms with Crippen LogP contribution in [-0.4, -0.2) is 28.3 Å². The monoisotopic (exact) mass is 299 g/mol. The molecule has 22 heavy (non-hydrogen) atoms. The molecule has 1 aromatic heterocycles. The molecule has 0 spiro atoms. The summed E-state index contributed by atoms with van der Waals surface area (Å²) in [6.07, 6.45) is 4.00. The molecule has 0 bridgehead atoms. The second-order valence-electron chi connectivity index (χ2n) is 5.64. The lowest BCUT2D eigenvalue weighted by Crippen LogP contribution is -2.32. The summed E-state index contributed by atoms with van der Waals surface area (Å²) in [5.41, 5.74) is 1.48. The second-order valence-corrected chi connectivity index (χ2v) is 5.64. The zero-order chi connectivity index (χ0) is 15.5. The number of hydrogen-bond acceptors (Lipinski definition) is 4. The minimum atomic E-state index is -0.324. The standard InChI is InChI=1S/C17H18FN3O/c1-12-9-17(20-11-19-12)21-8-2-3-15(21)10-16(22)13-4-6-14(18)7-5-13/h4-7,9,11,15H,2-3,8,10H2,1H3. The molecule has 1 unspecified atom stereocenters. The molecule has 114 valence electrons. The number of aromatic nitrogens is 2. The summed E-state index contributed by atoms with van der Waals surface area (Å²) in [6, 6.07) is 7.84. The summed E-state index contributed by atoms with van der Waals surface area (Å²) in [7, 11) is 0. The Morgan fingerprint density at radius 2 is 2.09 bits per heavy atom. The van der Waals surface area contributed by atoms with E-state index in [2.05, 4.69) is 14.9 Å². The first-order valence-corrected chi connectivity index (χ1v) is 7.47. The maximum absolute atomic E-state index is 12.9. The van der Waals surface area contributed by atoms with Gasteiger partial charge in [0, 0.05) is 36.3 Å². The van der Waals surface area contributed by atoms with Crippen molar-refractivity contribution in [1.29, 1.82) is 0 Å². The third-order valence-corrected chi connectivity index (χ3v) is 4.05. The Morgan fingerprint density at radius 1 is 1.32 bits per heavy atom. The smallest absolute Gasteiger partial charge is 0.164 e. The van der Waals surface area contributed by atoms with Gasteiger partial charge in [0.05, 0.1) is 0 Å². The lowest BCUT2D eigenvalue weighted by Gasteiger charge is -2.25. The summed E-state index contributed by atoms with van der Waals surface area (Å²) in [5, 5.41) is 0. The number of ketones is 1. The zero-order valence-corrected chi connectivity index (χ0v) is 12.5. The normalized spacial score (nSPS) is 17.7. The van der Waals surface area contributed by atoms with Crippen LogP contribution in [0.1, 0.15) is 35.3 Å². The number of carbonyl (C=O) groups is 1. The van der Waals surface area contributed by atoms with E-state index in [1.54, 1.807) is 18.5 Å². The van der Waals surface area contributed by atoms with E-state index in [4.69, 9.17) is 0 Å². The fourth-order valence-corrected chi connectivity index (χ4v) is 2.91. The molecule has 1 atom stereocenters. The van der Waals surface area contributed by atoms with Crippen molar-refractivity contribution in [2.45, 2.75) is 32.2 Å². The summed E-state index contributed by atoms with van der Waals surface area (Å²) >= 11 is 0. The quantitative estimate of drug-likeness (QED) is 0.814. The highest BCUT2D eigenvalue weighted by atomic mass is 19.1. The van der Waals surface area contributed by atoms with E-state index in [1.807, 2.05) is 13.0 Å². The summed E-state index contributed by atoms with van der Waals surface area (Å²) < 4.78 is 12.9. The van der Waals surface area contributed by atoms with Crippen LogP contribution >= 0.6 is 0 Å². The van der Waals surface area contributed by atoms with Crippen molar-refractivity contribution in [2.24, 2.45) is 0 Å². The molecule has 3 rings (SSSR count). The van der Waals surface area contributed by atoms with Gasteiger partial charge in [-0.15, -0.1) is 0 Å². The Kier molecular flexibility index (Phi) is 4.13. The highest BCUT2D eigenvalue weighted by Crippen LogP contribution is 2.26. The Labute approximate surface area is 129 Å². The minimum absolute atomic E-state index is 0.0441. The average Bonchev–Trinajstić information content (AvgIpc) is 2.96. The second kappa shape index (κ2) is 6.22. The molecular formula is C17H18FN3O. The van der Waals surface area contributed by atoms with Crippen LogP contribution in [0.3, 0.4) is 0 Å². The van der Waals surface area contributed by atoms with E-state index in [0.717, 1.165) is 30.9 Å². The Bertz CT molecular complexity index is 672. The van der Waals surface area contributed by atoms with Gasteiger partial charge in [-0.1, -0.05) is 0 Å². The molecule has 1 aliphatic rings. The van der Waals surface area contributed by atoms with Crippen LogP contribution in [0.2, 0.25) is 0 Å². The van der Waals surface area contributed by atoms with Crippen molar-refractivity contribution in [1.82, 2.24) is 9.97 Å². The first-order valence-electron chi connectivity index (χ1n) is 7.47. The first-order chi connectivity index (χ1) is 10.6. The van der Waals surface area contributed by atoms with Gasteiger partial charge in [0.1, 0.15) is 18.0 Å². The van der Waals surface area contributed by atoms with Crippen LogP contribution in [0.15, 0.2) is 36.7 Å². The van der Waals surface area contributed by atoms with Crippen molar-refractivity contribution in [3.8, 4) is 0 Å². The van der Waals surface area contributed by atoms with E-state index >= 15 is 0 Å². The molecule has 0 saturated carbocycles. The zero-order valence-electron chi connectivity index (χ0n) is 12.5. The van der Waals surface area contributed by atoms with Crippen LogP contribution < -0.4 is 4.90 Å². The van der Waals surface area contributed by atoms with Gasteiger partial charge in [0.2, 0.25) is 0 Å². The van der Waals surface area contributed by atoms with Crippen LogP contribution in [0, 0.1) is 12.7 Å². The van der Waals surface area contributed by atoms with Gasteiger partial charge in [0.15, 0.2) is 5.78 Å². The molecule has 0 amide bonds. The van der Waals surface area contributed by atoms with Gasteiger partial charge < -0.3 is 4.90 Å². The molecule has 1 aromatic carbocycles. The average molecular weight is 299 g/mol. The number of benzene rings is 1. The number of carbonyl (C=O) groups excluding carboxylic acids is 1. The van der Waals surface area contributed by atoms with E-state index < -0.39 is 0 Å². The van der Waals surface area contributed by atoms with Crippen LogP contribution in [0.25, 0.3) is 0 Å². The summed E-state index contributed by atoms with van der Waals surface area (Å²) in [4.78, 5) is 23.0. The fourth-order valence-electron chi connectivity index (χ4n) is 2.91. The number of Topliss-reactive ketones (excluding diaryl/α,β-unsaturated/α-hetero) is 1. The third kappa shape index (κ3) is 3.13. The number of nitrogens with zero attached hydrogens (tertiary/aromatic N) is 3. The number of aryl methyl sites for hydroxylation is 1. The third-order valence-electron chi connectivity index (χ3n) is 4.05. The Hall–Kier alpha value is -2.30. The number of hydrogen-bond donors (Lipinski definition) is 0. The Morgan fingerprint density at radius 3 is 2.82 bits per heavy atom. The summed E-state index contributed by atoms with van der Waals surface area (Å²) in [5.74, 6) is 0.597. The van der Waals surface area contributed by atoms with Gasteiger partial charge in [-0.2, -0.15) is 0 Å². The molecular weight excluding hydrogens is 281 g/mol. The van der Waals surface area contributed by atoms with Gasteiger partial charge in [-0.25, -0.2) is 14.4 Å². The SMILES string of the molecule is Cc1cc(N2CCCC2CC(=O)c2ccc(F)cc2)ncn1. The van der Waals surface area contributed by atoms with Gasteiger partial charge in [0.25, 0.3) is 0 Å². The fraction of sp³-hybridized carbons (Fsp3) is 0.353. The minimum Gasteiger partial charge on any atom is -0.353 e. The van der Waals surface area contributed by atoms with Gasteiger partial charge in [-0.05, 0) is 44.0 Å². The molecule has 4 nitrogen and oxygen atoms in total. The van der Waals surface area contributed by atoms with Crippen molar-refractivity contribution in [3.05, 3.63) is 53.7 Å². The predicted molar refractivity (Wildman–Crippen MR) is 82.5 cm³/mol. The molecule has 0 N–H and O–H groups in total. The van der Waals surface area contributed by atoms with E-state index in [-0.39, 0.29) is 17.6 Å². The van der Waals surface area contributed by atoms with Crippen molar-refractivity contribution < 1.29 is 9.18 Å². The lowest BCUT2D eigenvalue weighted by atomic mass is 10.0. The molecule has 1 aliphatic heterocycles. The van der Waals surface area contributed by atoms with E-state index in [1.165, 1.54) is 12.1 Å². The summed E-state index contributed by atoms with van der Waals surface area (Å²) in [6.45, 7) is 2.83. The van der Waals surface area contributed by atoms with Crippen LogP contribution in [-0.2, 0) is 0 Å². The van der Waals surface area contributed by atoms with Gasteiger partial charge >= 0.3 is 0 Å². The first kappa shape index (κ1) is 14.6. The van der Waals surface area contributed by atoms with Crippen LogP contribution in [0.4, 0.5) is 10.2 Å². The lowest BCUT2D eigenvalue weighted by molar-refractivity contribution is 0.0974. The van der Waals surface area contributed by atoms with Gasteiger partial charge in [-0.3, -0.25) is 4.79 Å². The molecule has 1 saturated heterocycles. The topological polar surface area (TPSA) is 46.1 Å².